The number of amides is 1. The molecule has 1 aromatic rings. The summed E-state index contributed by atoms with van der Waals surface area (Å²) in [5.41, 5.74) is 1.69. The van der Waals surface area contributed by atoms with Gasteiger partial charge in [0.05, 0.1) is 25.1 Å². The summed E-state index contributed by atoms with van der Waals surface area (Å²) in [4.78, 5) is 23.3. The van der Waals surface area contributed by atoms with Crippen LogP contribution in [0.1, 0.15) is 36.8 Å². The van der Waals surface area contributed by atoms with Crippen molar-refractivity contribution < 1.29 is 9.53 Å². The van der Waals surface area contributed by atoms with E-state index in [1.54, 1.807) is 12.0 Å². The summed E-state index contributed by atoms with van der Waals surface area (Å²) in [5.74, 6) is 1.66. The second kappa shape index (κ2) is 5.35. The molecule has 21 heavy (non-hydrogen) atoms. The molecule has 0 saturated carbocycles. The molecule has 1 N–H and O–H groups in total. The van der Waals surface area contributed by atoms with Gasteiger partial charge < -0.3 is 10.1 Å². The van der Waals surface area contributed by atoms with Crippen LogP contribution in [0, 0.1) is 6.92 Å². The Bertz CT molecular complexity index is 567. The van der Waals surface area contributed by atoms with Crippen LogP contribution in [0.3, 0.4) is 0 Å². The van der Waals surface area contributed by atoms with E-state index >= 15 is 0 Å². The number of carbonyl (C=O) groups excluding carboxylic acids is 1. The standard InChI is InChI=1S/C15H22N4O2/c1-10-11-9-12(20)19(7-8-21-3)13(11)18-14(17-10)15(2)5-4-6-16-15/h16H,4-9H2,1-3H3/t15-/m1/s1. The van der Waals surface area contributed by atoms with Crippen molar-refractivity contribution in [2.45, 2.75) is 38.6 Å². The first-order valence-electron chi connectivity index (χ1n) is 7.47. The van der Waals surface area contributed by atoms with Gasteiger partial charge in [-0.1, -0.05) is 0 Å². The van der Waals surface area contributed by atoms with Crippen molar-refractivity contribution >= 4 is 11.7 Å². The summed E-state index contributed by atoms with van der Waals surface area (Å²) in [6.45, 7) is 6.15. The molecule has 114 valence electrons. The molecule has 2 aliphatic rings. The van der Waals surface area contributed by atoms with E-state index < -0.39 is 0 Å². The fourth-order valence-corrected chi connectivity index (χ4v) is 3.12. The van der Waals surface area contributed by atoms with Gasteiger partial charge in [0.1, 0.15) is 5.82 Å². The minimum absolute atomic E-state index is 0.0844. The number of hydrogen-bond donors (Lipinski definition) is 1. The summed E-state index contributed by atoms with van der Waals surface area (Å²) in [7, 11) is 1.64. The average Bonchev–Trinajstić information content (AvgIpc) is 3.02. The molecule has 1 saturated heterocycles. The molecule has 0 aliphatic carbocycles. The van der Waals surface area contributed by atoms with Gasteiger partial charge in [-0.3, -0.25) is 9.69 Å². The van der Waals surface area contributed by atoms with Crippen molar-refractivity contribution in [1.82, 2.24) is 15.3 Å². The van der Waals surface area contributed by atoms with Crippen LogP contribution in [-0.4, -0.2) is 42.7 Å². The maximum atomic E-state index is 12.2. The summed E-state index contributed by atoms with van der Waals surface area (Å²) >= 11 is 0. The number of carbonyl (C=O) groups is 1. The molecule has 0 radical (unpaired) electrons. The van der Waals surface area contributed by atoms with Crippen LogP contribution >= 0.6 is 0 Å². The number of nitrogens with zero attached hydrogens (tertiary/aromatic N) is 3. The predicted octanol–water partition coefficient (Wildman–Crippen LogP) is 0.919. The lowest BCUT2D eigenvalue weighted by Gasteiger charge is -2.25. The van der Waals surface area contributed by atoms with Crippen LogP contribution in [0.2, 0.25) is 0 Å². The number of fused-ring (bicyclic) bond motifs is 1. The zero-order valence-corrected chi connectivity index (χ0v) is 12.9. The Balaban J connectivity index is 1.99. The van der Waals surface area contributed by atoms with E-state index in [0.717, 1.165) is 42.3 Å². The van der Waals surface area contributed by atoms with Crippen molar-refractivity contribution in [2.75, 3.05) is 31.7 Å². The molecule has 1 aromatic heterocycles. The van der Waals surface area contributed by atoms with Crippen LogP contribution in [0.15, 0.2) is 0 Å². The lowest BCUT2D eigenvalue weighted by Crippen LogP contribution is -2.36. The van der Waals surface area contributed by atoms with Crippen LogP contribution in [-0.2, 0) is 21.5 Å². The fourth-order valence-electron chi connectivity index (χ4n) is 3.12. The third kappa shape index (κ3) is 2.42. The van der Waals surface area contributed by atoms with Crippen molar-refractivity contribution in [3.05, 3.63) is 17.1 Å². The Labute approximate surface area is 124 Å². The van der Waals surface area contributed by atoms with Crippen molar-refractivity contribution in [2.24, 2.45) is 0 Å². The minimum atomic E-state index is -0.182. The molecule has 3 rings (SSSR count). The second-order valence-corrected chi connectivity index (χ2v) is 6.01. The number of aryl methyl sites for hydroxylation is 1. The quantitative estimate of drug-likeness (QED) is 0.893. The van der Waals surface area contributed by atoms with Crippen LogP contribution < -0.4 is 10.2 Å². The minimum Gasteiger partial charge on any atom is -0.383 e. The molecule has 6 nitrogen and oxygen atoms in total. The third-order valence-electron chi connectivity index (χ3n) is 4.46. The first-order valence-corrected chi connectivity index (χ1v) is 7.47. The highest BCUT2D eigenvalue weighted by Gasteiger charge is 2.37. The van der Waals surface area contributed by atoms with E-state index in [1.165, 1.54) is 0 Å². The lowest BCUT2D eigenvalue weighted by atomic mass is 9.99. The van der Waals surface area contributed by atoms with E-state index in [0.29, 0.717) is 19.6 Å². The maximum absolute atomic E-state index is 12.2. The monoisotopic (exact) mass is 290 g/mol. The van der Waals surface area contributed by atoms with Gasteiger partial charge in [0.15, 0.2) is 5.82 Å². The number of aromatic nitrogens is 2. The van der Waals surface area contributed by atoms with E-state index in [9.17, 15) is 4.79 Å². The number of rotatable bonds is 4. The van der Waals surface area contributed by atoms with Crippen LogP contribution in [0.25, 0.3) is 0 Å². The number of nitrogens with one attached hydrogen (secondary N) is 1. The molecule has 0 spiro atoms. The Morgan fingerprint density at radius 3 is 2.90 bits per heavy atom. The topological polar surface area (TPSA) is 67.3 Å². The Kier molecular flexibility index (Phi) is 3.67. The van der Waals surface area contributed by atoms with Gasteiger partial charge >= 0.3 is 0 Å². The third-order valence-corrected chi connectivity index (χ3v) is 4.46. The van der Waals surface area contributed by atoms with Gasteiger partial charge in [-0.15, -0.1) is 0 Å². The van der Waals surface area contributed by atoms with Crippen molar-refractivity contribution in [3.63, 3.8) is 0 Å². The fraction of sp³-hybridized carbons (Fsp3) is 0.667. The van der Waals surface area contributed by atoms with E-state index in [-0.39, 0.29) is 11.4 Å². The van der Waals surface area contributed by atoms with Gasteiger partial charge in [-0.25, -0.2) is 9.97 Å². The van der Waals surface area contributed by atoms with Crippen molar-refractivity contribution in [3.8, 4) is 0 Å². The zero-order valence-electron chi connectivity index (χ0n) is 12.9. The first-order chi connectivity index (χ1) is 10.0. The number of ether oxygens (including phenoxy) is 1. The number of methoxy groups -OCH3 is 1. The molecule has 1 amide bonds. The smallest absolute Gasteiger partial charge is 0.232 e. The van der Waals surface area contributed by atoms with Crippen LogP contribution in [0.5, 0.6) is 0 Å². The molecule has 0 aromatic carbocycles. The summed E-state index contributed by atoms with van der Waals surface area (Å²) in [6, 6.07) is 0. The lowest BCUT2D eigenvalue weighted by molar-refractivity contribution is -0.117. The van der Waals surface area contributed by atoms with Crippen molar-refractivity contribution in [1.29, 1.82) is 0 Å². The molecule has 3 heterocycles. The van der Waals surface area contributed by atoms with E-state index in [1.807, 2.05) is 6.92 Å². The van der Waals surface area contributed by atoms with Gasteiger partial charge in [-0.05, 0) is 33.2 Å². The first kappa shape index (κ1) is 14.4. The van der Waals surface area contributed by atoms with Gasteiger partial charge in [-0.2, -0.15) is 0 Å². The summed E-state index contributed by atoms with van der Waals surface area (Å²) < 4.78 is 5.10. The summed E-state index contributed by atoms with van der Waals surface area (Å²) in [5, 5.41) is 3.48. The summed E-state index contributed by atoms with van der Waals surface area (Å²) in [6.07, 6.45) is 2.55. The SMILES string of the molecule is COCCN1C(=O)Cc2c(C)nc([C@@]3(C)CCCN3)nc21. The highest BCUT2D eigenvalue weighted by atomic mass is 16.5. The van der Waals surface area contributed by atoms with Gasteiger partial charge in [0, 0.05) is 18.4 Å². The molecular formula is C15H22N4O2. The molecule has 1 atom stereocenters. The largest absolute Gasteiger partial charge is 0.383 e. The molecule has 6 heteroatoms. The second-order valence-electron chi connectivity index (χ2n) is 6.01. The van der Waals surface area contributed by atoms with Gasteiger partial charge in [0.2, 0.25) is 5.91 Å². The molecule has 0 bridgehead atoms. The molecular weight excluding hydrogens is 268 g/mol. The number of anilines is 1. The molecule has 0 unspecified atom stereocenters. The Morgan fingerprint density at radius 2 is 2.24 bits per heavy atom. The zero-order chi connectivity index (χ0) is 15.0. The molecule has 1 fully saturated rings. The van der Waals surface area contributed by atoms with Gasteiger partial charge in [0.25, 0.3) is 0 Å². The Hall–Kier alpha value is -1.53. The molecule has 2 aliphatic heterocycles. The average molecular weight is 290 g/mol. The highest BCUT2D eigenvalue weighted by molar-refractivity contribution is 6.00. The Morgan fingerprint density at radius 1 is 1.43 bits per heavy atom. The van der Waals surface area contributed by atoms with E-state index in [2.05, 4.69) is 17.2 Å². The van der Waals surface area contributed by atoms with E-state index in [4.69, 9.17) is 9.72 Å². The highest BCUT2D eigenvalue weighted by Crippen LogP contribution is 2.33. The predicted molar refractivity (Wildman–Crippen MR) is 79.3 cm³/mol. The van der Waals surface area contributed by atoms with Crippen LogP contribution in [0.4, 0.5) is 5.82 Å². The normalized spacial score (nSPS) is 24.7. The maximum Gasteiger partial charge on any atom is 0.232 e. The number of hydrogen-bond acceptors (Lipinski definition) is 5.